The van der Waals surface area contributed by atoms with Crippen LogP contribution in [0, 0.1) is 5.92 Å². The van der Waals surface area contributed by atoms with Gasteiger partial charge in [-0.25, -0.2) is 0 Å². The summed E-state index contributed by atoms with van der Waals surface area (Å²) in [5, 5.41) is 9.77. The number of rotatable bonds is 4. The molecule has 96 valence electrons. The van der Waals surface area contributed by atoms with E-state index in [0.29, 0.717) is 23.6 Å². The number of aliphatic hydroxyl groups excluding tert-OH is 1. The molecule has 1 aromatic rings. The largest absolute Gasteiger partial charge is 0.466 e. The van der Waals surface area contributed by atoms with E-state index in [1.807, 2.05) is 0 Å². The van der Waals surface area contributed by atoms with E-state index in [2.05, 4.69) is 23.2 Å². The Morgan fingerprint density at radius 3 is 2.59 bits per heavy atom. The van der Waals surface area contributed by atoms with Crippen molar-refractivity contribution >= 4 is 11.5 Å². The Morgan fingerprint density at radius 2 is 2.06 bits per heavy atom. The van der Waals surface area contributed by atoms with Crippen molar-refractivity contribution in [2.75, 3.05) is 6.61 Å². The molecule has 1 aliphatic carbocycles. The number of aliphatic hydroxyl groups is 1. The third kappa shape index (κ3) is 3.39. The maximum Gasteiger partial charge on any atom is 0.293 e. The highest BCUT2D eigenvalue weighted by molar-refractivity contribution is 7.07. The third-order valence-electron chi connectivity index (χ3n) is 3.26. The van der Waals surface area contributed by atoms with Crippen molar-refractivity contribution in [1.29, 1.82) is 0 Å². The van der Waals surface area contributed by atoms with Gasteiger partial charge in [-0.3, -0.25) is 0 Å². The summed E-state index contributed by atoms with van der Waals surface area (Å²) in [7, 11) is 0. The summed E-state index contributed by atoms with van der Waals surface area (Å²) in [6.07, 6.45) is 4.39. The van der Waals surface area contributed by atoms with Crippen LogP contribution in [0.25, 0.3) is 0 Å². The molecule has 0 bridgehead atoms. The first-order valence-corrected chi connectivity index (χ1v) is 7.07. The minimum atomic E-state index is 0.255. The summed E-state index contributed by atoms with van der Waals surface area (Å²) < 4.78 is 10.1. The third-order valence-corrected chi connectivity index (χ3v) is 3.88. The fourth-order valence-electron chi connectivity index (χ4n) is 2.08. The van der Waals surface area contributed by atoms with Gasteiger partial charge < -0.3 is 9.84 Å². The SMILES string of the molecule is CC(C)c1nsc(OC2CCC(CO)CC2)n1. The van der Waals surface area contributed by atoms with Crippen LogP contribution < -0.4 is 4.74 Å². The first kappa shape index (κ1) is 12.8. The van der Waals surface area contributed by atoms with Crippen molar-refractivity contribution in [2.45, 2.75) is 51.6 Å². The van der Waals surface area contributed by atoms with Crippen LogP contribution in [0.4, 0.5) is 0 Å². The molecule has 0 amide bonds. The number of ether oxygens (including phenoxy) is 1. The van der Waals surface area contributed by atoms with E-state index in [9.17, 15) is 0 Å². The van der Waals surface area contributed by atoms with Gasteiger partial charge in [0.1, 0.15) is 11.9 Å². The van der Waals surface area contributed by atoms with Crippen LogP contribution in [0.1, 0.15) is 51.3 Å². The Balaban J connectivity index is 1.84. The summed E-state index contributed by atoms with van der Waals surface area (Å²) in [5.74, 6) is 1.69. The van der Waals surface area contributed by atoms with E-state index < -0.39 is 0 Å². The molecule has 1 aromatic heterocycles. The van der Waals surface area contributed by atoms with Gasteiger partial charge in [0.15, 0.2) is 0 Å². The van der Waals surface area contributed by atoms with E-state index in [1.54, 1.807) is 0 Å². The molecule has 1 heterocycles. The molecule has 0 radical (unpaired) electrons. The van der Waals surface area contributed by atoms with Crippen LogP contribution in [-0.2, 0) is 0 Å². The maximum absolute atomic E-state index is 9.07. The Labute approximate surface area is 106 Å². The Hall–Kier alpha value is -0.680. The monoisotopic (exact) mass is 256 g/mol. The summed E-state index contributed by atoms with van der Waals surface area (Å²) in [4.78, 5) is 4.38. The second-order valence-corrected chi connectivity index (χ2v) is 5.73. The van der Waals surface area contributed by atoms with Gasteiger partial charge in [-0.15, -0.1) is 0 Å². The standard InChI is InChI=1S/C12H20N2O2S/c1-8(2)11-13-12(17-14-11)16-10-5-3-9(7-15)4-6-10/h8-10,15H,3-7H2,1-2H3. The van der Waals surface area contributed by atoms with E-state index in [1.165, 1.54) is 11.5 Å². The van der Waals surface area contributed by atoms with Crippen molar-refractivity contribution < 1.29 is 9.84 Å². The van der Waals surface area contributed by atoms with Gasteiger partial charge in [0.05, 0.1) is 0 Å². The average Bonchev–Trinajstić information content (AvgIpc) is 2.79. The summed E-state index contributed by atoms with van der Waals surface area (Å²) in [6.45, 7) is 4.47. The zero-order valence-corrected chi connectivity index (χ0v) is 11.2. The van der Waals surface area contributed by atoms with Crippen molar-refractivity contribution in [2.24, 2.45) is 5.92 Å². The Morgan fingerprint density at radius 1 is 1.35 bits per heavy atom. The molecule has 2 rings (SSSR count). The lowest BCUT2D eigenvalue weighted by molar-refractivity contribution is 0.104. The van der Waals surface area contributed by atoms with Gasteiger partial charge in [0.2, 0.25) is 0 Å². The highest BCUT2D eigenvalue weighted by Crippen LogP contribution is 2.28. The van der Waals surface area contributed by atoms with Crippen molar-refractivity contribution in [3.63, 3.8) is 0 Å². The second-order valence-electron chi connectivity index (χ2n) is 5.02. The summed E-state index contributed by atoms with van der Waals surface area (Å²) >= 11 is 1.35. The smallest absolute Gasteiger partial charge is 0.293 e. The van der Waals surface area contributed by atoms with Crippen molar-refractivity contribution in [1.82, 2.24) is 9.36 Å². The topological polar surface area (TPSA) is 55.2 Å². The van der Waals surface area contributed by atoms with E-state index in [4.69, 9.17) is 9.84 Å². The highest BCUT2D eigenvalue weighted by Gasteiger charge is 2.23. The molecule has 4 nitrogen and oxygen atoms in total. The molecule has 0 unspecified atom stereocenters. The fraction of sp³-hybridized carbons (Fsp3) is 0.833. The molecule has 1 aliphatic rings. The minimum absolute atomic E-state index is 0.255. The van der Waals surface area contributed by atoms with Gasteiger partial charge in [-0.2, -0.15) is 9.36 Å². The predicted molar refractivity (Wildman–Crippen MR) is 67.5 cm³/mol. The van der Waals surface area contributed by atoms with Gasteiger partial charge in [-0.05, 0) is 31.6 Å². The minimum Gasteiger partial charge on any atom is -0.466 e. The van der Waals surface area contributed by atoms with Crippen LogP contribution in [0.2, 0.25) is 0 Å². The zero-order valence-electron chi connectivity index (χ0n) is 10.4. The van der Waals surface area contributed by atoms with Gasteiger partial charge in [-0.1, -0.05) is 13.8 Å². The number of hydrogen-bond donors (Lipinski definition) is 1. The van der Waals surface area contributed by atoms with Crippen molar-refractivity contribution in [3.8, 4) is 5.19 Å². The molecule has 5 heteroatoms. The molecule has 0 spiro atoms. The molecule has 1 saturated carbocycles. The molecule has 0 atom stereocenters. The molecule has 0 aromatic carbocycles. The summed E-state index contributed by atoms with van der Waals surface area (Å²) in [5.41, 5.74) is 0. The molecule has 0 aliphatic heterocycles. The predicted octanol–water partition coefficient (Wildman–Crippen LogP) is 2.59. The van der Waals surface area contributed by atoms with Crippen LogP contribution in [-0.4, -0.2) is 27.2 Å². The lowest BCUT2D eigenvalue weighted by atomic mass is 9.88. The van der Waals surface area contributed by atoms with E-state index in [-0.39, 0.29) is 6.10 Å². The Kier molecular flexibility index (Phi) is 4.34. The first-order chi connectivity index (χ1) is 8.19. The highest BCUT2D eigenvalue weighted by atomic mass is 32.1. The molecule has 1 fully saturated rings. The molecule has 1 N–H and O–H groups in total. The second kappa shape index (κ2) is 5.78. The number of nitrogens with zero attached hydrogens (tertiary/aromatic N) is 2. The average molecular weight is 256 g/mol. The van der Waals surface area contributed by atoms with E-state index in [0.717, 1.165) is 31.5 Å². The first-order valence-electron chi connectivity index (χ1n) is 6.30. The lowest BCUT2D eigenvalue weighted by Gasteiger charge is -2.26. The zero-order chi connectivity index (χ0) is 12.3. The Bertz CT molecular complexity index is 346. The van der Waals surface area contributed by atoms with Crippen molar-refractivity contribution in [3.05, 3.63) is 5.82 Å². The molecule has 17 heavy (non-hydrogen) atoms. The summed E-state index contributed by atoms with van der Waals surface area (Å²) in [6, 6.07) is 0. The number of hydrogen-bond acceptors (Lipinski definition) is 5. The van der Waals surface area contributed by atoms with Crippen LogP contribution in [0.15, 0.2) is 0 Å². The molecular weight excluding hydrogens is 236 g/mol. The van der Waals surface area contributed by atoms with Crippen LogP contribution in [0.5, 0.6) is 5.19 Å². The maximum atomic E-state index is 9.07. The quantitative estimate of drug-likeness (QED) is 0.899. The van der Waals surface area contributed by atoms with Crippen LogP contribution in [0.3, 0.4) is 0 Å². The van der Waals surface area contributed by atoms with Gasteiger partial charge in [0.25, 0.3) is 5.19 Å². The van der Waals surface area contributed by atoms with Crippen LogP contribution >= 0.6 is 11.5 Å². The van der Waals surface area contributed by atoms with Gasteiger partial charge >= 0.3 is 0 Å². The number of aromatic nitrogens is 2. The normalized spacial score (nSPS) is 25.2. The lowest BCUT2D eigenvalue weighted by Crippen LogP contribution is -2.25. The van der Waals surface area contributed by atoms with E-state index >= 15 is 0 Å². The van der Waals surface area contributed by atoms with Gasteiger partial charge in [0, 0.05) is 24.1 Å². The fourth-order valence-corrected chi connectivity index (χ4v) is 2.81. The molecule has 0 saturated heterocycles. The molecular formula is C12H20N2O2S.